The van der Waals surface area contributed by atoms with Crippen molar-refractivity contribution in [3.63, 3.8) is 0 Å². The molecule has 1 aliphatic rings. The first kappa shape index (κ1) is 17.4. The molecule has 3 aromatic rings. The zero-order chi connectivity index (χ0) is 18.8. The molecule has 2 aromatic heterocycles. The van der Waals surface area contributed by atoms with E-state index in [1.54, 1.807) is 14.2 Å². The van der Waals surface area contributed by atoms with Gasteiger partial charge in [-0.05, 0) is 55.2 Å². The van der Waals surface area contributed by atoms with Crippen molar-refractivity contribution in [1.82, 2.24) is 14.7 Å². The van der Waals surface area contributed by atoms with Crippen molar-refractivity contribution < 1.29 is 14.3 Å². The lowest BCUT2D eigenvalue weighted by Crippen LogP contribution is -2.26. The summed E-state index contributed by atoms with van der Waals surface area (Å²) in [5.41, 5.74) is 2.34. The summed E-state index contributed by atoms with van der Waals surface area (Å²) >= 11 is 0. The van der Waals surface area contributed by atoms with Crippen LogP contribution in [0, 0.1) is 0 Å². The summed E-state index contributed by atoms with van der Waals surface area (Å²) in [6, 6.07) is 11.5. The number of methoxy groups -OCH3 is 2. The van der Waals surface area contributed by atoms with Crippen molar-refractivity contribution >= 4 is 11.4 Å². The van der Waals surface area contributed by atoms with Crippen LogP contribution >= 0.6 is 0 Å². The van der Waals surface area contributed by atoms with Gasteiger partial charge in [-0.25, -0.2) is 4.98 Å². The van der Waals surface area contributed by atoms with Crippen molar-refractivity contribution in [3.8, 4) is 11.5 Å². The Balaban J connectivity index is 1.48. The first-order chi connectivity index (χ1) is 13.2. The Bertz CT molecular complexity index is 976. The fraction of sp³-hybridized carbons (Fsp3) is 0.333. The second kappa shape index (κ2) is 7.31. The Morgan fingerprint density at radius 3 is 2.81 bits per heavy atom. The molecule has 1 aliphatic carbocycles. The van der Waals surface area contributed by atoms with Crippen LogP contribution in [0.25, 0.3) is 5.52 Å². The molecule has 1 N–H and O–H groups in total. The lowest BCUT2D eigenvalue weighted by molar-refractivity contribution is 0.0951. The fourth-order valence-corrected chi connectivity index (χ4v) is 3.33. The van der Waals surface area contributed by atoms with Crippen LogP contribution in [-0.2, 0) is 6.42 Å². The van der Waals surface area contributed by atoms with Gasteiger partial charge in [-0.15, -0.1) is 0 Å². The highest BCUT2D eigenvalue weighted by atomic mass is 16.5. The maximum atomic E-state index is 12.7. The summed E-state index contributed by atoms with van der Waals surface area (Å²) < 4.78 is 12.7. The van der Waals surface area contributed by atoms with E-state index < -0.39 is 0 Å². The molecule has 6 nitrogen and oxygen atoms in total. The molecule has 1 fully saturated rings. The molecule has 0 unspecified atom stereocenters. The first-order valence-corrected chi connectivity index (χ1v) is 9.17. The molecular formula is C21H23N3O3. The Labute approximate surface area is 158 Å². The van der Waals surface area contributed by atoms with Crippen LogP contribution in [0.3, 0.4) is 0 Å². The third-order valence-corrected chi connectivity index (χ3v) is 4.90. The minimum absolute atomic E-state index is 0.146. The normalized spacial score (nSPS) is 13.6. The van der Waals surface area contributed by atoms with Gasteiger partial charge in [0.1, 0.15) is 17.3 Å². The number of rotatable bonds is 7. The fourth-order valence-electron chi connectivity index (χ4n) is 3.33. The Hall–Kier alpha value is -3.02. The lowest BCUT2D eigenvalue weighted by Gasteiger charge is -2.11. The number of carbonyl (C=O) groups excluding carboxylic acids is 1. The summed E-state index contributed by atoms with van der Waals surface area (Å²) in [4.78, 5) is 17.4. The van der Waals surface area contributed by atoms with Gasteiger partial charge in [-0.2, -0.15) is 0 Å². The Morgan fingerprint density at radius 1 is 1.22 bits per heavy atom. The van der Waals surface area contributed by atoms with E-state index in [-0.39, 0.29) is 5.91 Å². The molecule has 0 bridgehead atoms. The first-order valence-electron chi connectivity index (χ1n) is 9.17. The van der Waals surface area contributed by atoms with Gasteiger partial charge in [-0.3, -0.25) is 4.79 Å². The average Bonchev–Trinajstić information content (AvgIpc) is 3.48. The number of hydrogen-bond donors (Lipinski definition) is 1. The van der Waals surface area contributed by atoms with Crippen LogP contribution in [0.2, 0.25) is 0 Å². The van der Waals surface area contributed by atoms with Crippen molar-refractivity contribution in [2.45, 2.75) is 25.2 Å². The van der Waals surface area contributed by atoms with E-state index in [9.17, 15) is 4.79 Å². The second-order valence-electron chi connectivity index (χ2n) is 6.73. The smallest absolute Gasteiger partial charge is 0.272 e. The Kier molecular flexibility index (Phi) is 4.71. The maximum Gasteiger partial charge on any atom is 0.272 e. The molecule has 0 spiro atoms. The summed E-state index contributed by atoms with van der Waals surface area (Å²) in [5.74, 6) is 2.87. The molecule has 1 amide bonds. The quantitative estimate of drug-likeness (QED) is 0.698. The predicted molar refractivity (Wildman–Crippen MR) is 103 cm³/mol. The van der Waals surface area contributed by atoms with Crippen molar-refractivity contribution in [1.29, 1.82) is 0 Å². The molecule has 1 aromatic carbocycles. The van der Waals surface area contributed by atoms with E-state index in [0.717, 1.165) is 41.2 Å². The average molecular weight is 365 g/mol. The summed E-state index contributed by atoms with van der Waals surface area (Å²) in [6.07, 6.45) is 4.91. The maximum absolute atomic E-state index is 12.7. The van der Waals surface area contributed by atoms with E-state index in [1.807, 2.05) is 47.0 Å². The second-order valence-corrected chi connectivity index (χ2v) is 6.73. The number of hydrogen-bond acceptors (Lipinski definition) is 4. The van der Waals surface area contributed by atoms with Gasteiger partial charge in [-0.1, -0.05) is 6.07 Å². The van der Waals surface area contributed by atoms with E-state index in [1.165, 1.54) is 0 Å². The highest BCUT2D eigenvalue weighted by molar-refractivity contribution is 5.99. The number of fused-ring (bicyclic) bond motifs is 1. The van der Waals surface area contributed by atoms with E-state index in [4.69, 9.17) is 9.47 Å². The number of nitrogens with one attached hydrogen (secondary N) is 1. The van der Waals surface area contributed by atoms with Gasteiger partial charge in [0.2, 0.25) is 0 Å². The van der Waals surface area contributed by atoms with Gasteiger partial charge in [0.15, 0.2) is 5.69 Å². The molecule has 2 heterocycles. The van der Waals surface area contributed by atoms with Crippen LogP contribution in [-0.4, -0.2) is 36.1 Å². The summed E-state index contributed by atoms with van der Waals surface area (Å²) in [7, 11) is 3.27. The largest absolute Gasteiger partial charge is 0.497 e. The number of imidazole rings is 1. The predicted octanol–water partition coefficient (Wildman–Crippen LogP) is 3.20. The molecule has 0 radical (unpaired) electrons. The Morgan fingerprint density at radius 2 is 2.07 bits per heavy atom. The number of aromatic nitrogens is 2. The van der Waals surface area contributed by atoms with Gasteiger partial charge in [0.25, 0.3) is 5.91 Å². The van der Waals surface area contributed by atoms with Gasteiger partial charge in [0, 0.05) is 18.7 Å². The minimum Gasteiger partial charge on any atom is -0.497 e. The zero-order valence-electron chi connectivity index (χ0n) is 15.6. The van der Waals surface area contributed by atoms with Crippen molar-refractivity contribution in [2.75, 3.05) is 20.8 Å². The molecular weight excluding hydrogens is 342 g/mol. The van der Waals surface area contributed by atoms with Crippen LogP contribution in [0.1, 0.15) is 40.6 Å². The minimum atomic E-state index is -0.146. The van der Waals surface area contributed by atoms with Gasteiger partial charge >= 0.3 is 0 Å². The number of benzene rings is 1. The van der Waals surface area contributed by atoms with Gasteiger partial charge < -0.3 is 19.2 Å². The summed E-state index contributed by atoms with van der Waals surface area (Å²) in [5, 5.41) is 2.99. The van der Waals surface area contributed by atoms with E-state index >= 15 is 0 Å². The lowest BCUT2D eigenvalue weighted by atomic mass is 10.1. The molecule has 4 rings (SSSR count). The van der Waals surface area contributed by atoms with Crippen LogP contribution in [0.5, 0.6) is 11.5 Å². The number of carbonyl (C=O) groups is 1. The third kappa shape index (κ3) is 3.47. The van der Waals surface area contributed by atoms with Crippen LogP contribution < -0.4 is 14.8 Å². The molecule has 1 saturated carbocycles. The molecule has 0 saturated heterocycles. The van der Waals surface area contributed by atoms with Crippen LogP contribution in [0.4, 0.5) is 0 Å². The highest BCUT2D eigenvalue weighted by Crippen LogP contribution is 2.40. The van der Waals surface area contributed by atoms with E-state index in [2.05, 4.69) is 10.3 Å². The number of ether oxygens (including phenoxy) is 2. The molecule has 27 heavy (non-hydrogen) atoms. The molecule has 0 aliphatic heterocycles. The molecule has 0 atom stereocenters. The number of pyridine rings is 1. The van der Waals surface area contributed by atoms with E-state index in [0.29, 0.717) is 24.6 Å². The summed E-state index contributed by atoms with van der Waals surface area (Å²) in [6.45, 7) is 0.493. The van der Waals surface area contributed by atoms with Crippen molar-refractivity contribution in [2.24, 2.45) is 0 Å². The topological polar surface area (TPSA) is 64.9 Å². The number of amides is 1. The third-order valence-electron chi connectivity index (χ3n) is 4.90. The number of nitrogens with zero attached hydrogens (tertiary/aromatic N) is 2. The molecule has 6 heteroatoms. The highest BCUT2D eigenvalue weighted by Gasteiger charge is 2.30. The zero-order valence-corrected chi connectivity index (χ0v) is 15.6. The standard InChI is InChI=1S/C21H23N3O3/c1-26-16-8-9-18(27-2)15(13-16)10-11-22-21(25)19-17-5-3-4-12-24(17)20(23-19)14-6-7-14/h3-5,8-9,12-14H,6-7,10-11H2,1-2H3,(H,22,25). The monoisotopic (exact) mass is 365 g/mol. The van der Waals surface area contributed by atoms with Gasteiger partial charge in [0.05, 0.1) is 19.7 Å². The molecule has 140 valence electrons. The van der Waals surface area contributed by atoms with Crippen LogP contribution in [0.15, 0.2) is 42.6 Å². The van der Waals surface area contributed by atoms with Crippen molar-refractivity contribution in [3.05, 3.63) is 59.7 Å². The SMILES string of the molecule is COc1ccc(OC)c(CCNC(=O)c2nc(C3CC3)n3ccccc23)c1.